The fraction of sp³-hybridized carbons (Fsp3) is 0.636. The Morgan fingerprint density at radius 2 is 2.05 bits per heavy atom. The predicted octanol–water partition coefficient (Wildman–Crippen LogP) is 0.694. The summed E-state index contributed by atoms with van der Waals surface area (Å²) in [5.41, 5.74) is -2.01. The lowest BCUT2D eigenvalue weighted by molar-refractivity contribution is -0.155. The summed E-state index contributed by atoms with van der Waals surface area (Å²) in [4.78, 5) is 22.2. The van der Waals surface area contributed by atoms with E-state index in [0.717, 1.165) is 18.4 Å². The van der Waals surface area contributed by atoms with Crippen LogP contribution in [0.25, 0.3) is 0 Å². The van der Waals surface area contributed by atoms with Crippen LogP contribution in [-0.2, 0) is 11.2 Å². The third-order valence-electron chi connectivity index (χ3n) is 2.32. The Morgan fingerprint density at radius 3 is 2.60 bits per heavy atom. The number of carbonyl (C=O) groups excluding carboxylic acids is 1. The number of carbonyl (C=O) groups is 2. The van der Waals surface area contributed by atoms with Crippen LogP contribution in [0.1, 0.15) is 25.8 Å². The van der Waals surface area contributed by atoms with Crippen LogP contribution in [0.4, 0.5) is 9.93 Å². The van der Waals surface area contributed by atoms with Gasteiger partial charge in [-0.15, -0.1) is 10.2 Å². The fourth-order valence-corrected chi connectivity index (χ4v) is 2.15. The highest BCUT2D eigenvalue weighted by Gasteiger charge is 2.30. The molecule has 4 N–H and O–H groups in total. The lowest BCUT2D eigenvalue weighted by atomic mass is 10.1. The van der Waals surface area contributed by atoms with Crippen LogP contribution in [0.15, 0.2) is 0 Å². The van der Waals surface area contributed by atoms with E-state index in [2.05, 4.69) is 34.7 Å². The van der Waals surface area contributed by atoms with Gasteiger partial charge in [0.25, 0.3) is 0 Å². The highest BCUT2D eigenvalue weighted by atomic mass is 32.1. The van der Waals surface area contributed by atoms with Gasteiger partial charge in [-0.05, 0) is 12.8 Å². The molecule has 1 aromatic heterocycles. The first kappa shape index (κ1) is 16.3. The van der Waals surface area contributed by atoms with Crippen molar-refractivity contribution in [3.8, 4) is 0 Å². The molecule has 2 amide bonds. The van der Waals surface area contributed by atoms with E-state index in [0.29, 0.717) is 11.0 Å². The number of anilines is 1. The number of urea groups is 1. The quantitative estimate of drug-likeness (QED) is 0.613. The number of hydrogen-bond acceptors (Lipinski definition) is 6. The second-order valence-electron chi connectivity index (χ2n) is 4.99. The molecule has 9 heteroatoms. The molecule has 0 saturated carbocycles. The van der Waals surface area contributed by atoms with E-state index in [1.165, 1.54) is 11.3 Å². The van der Waals surface area contributed by atoms with Crippen molar-refractivity contribution in [2.24, 2.45) is 5.92 Å². The van der Waals surface area contributed by atoms with Gasteiger partial charge in [-0.2, -0.15) is 0 Å². The zero-order chi connectivity index (χ0) is 15.3. The molecule has 1 rings (SSSR count). The third-order valence-corrected chi connectivity index (χ3v) is 3.19. The van der Waals surface area contributed by atoms with E-state index >= 15 is 0 Å². The maximum absolute atomic E-state index is 11.5. The highest BCUT2D eigenvalue weighted by Crippen LogP contribution is 2.18. The fourth-order valence-electron chi connectivity index (χ4n) is 1.21. The summed E-state index contributed by atoms with van der Waals surface area (Å²) in [6.45, 7) is 4.79. The monoisotopic (exact) mass is 302 g/mol. The van der Waals surface area contributed by atoms with E-state index in [1.54, 1.807) is 0 Å². The van der Waals surface area contributed by atoms with Crippen molar-refractivity contribution in [3.05, 3.63) is 5.01 Å². The number of carboxylic acid groups (broad SMARTS) is 1. The number of carboxylic acids is 1. The van der Waals surface area contributed by atoms with Crippen molar-refractivity contribution in [1.29, 1.82) is 0 Å². The molecule has 0 aliphatic rings. The molecule has 20 heavy (non-hydrogen) atoms. The molecular formula is C11H18N4O4S. The average molecular weight is 302 g/mol. The Balaban J connectivity index is 2.47. The zero-order valence-corrected chi connectivity index (χ0v) is 12.3. The lowest BCUT2D eigenvalue weighted by Gasteiger charge is -2.17. The first-order valence-corrected chi connectivity index (χ1v) is 6.85. The number of aromatic nitrogens is 2. The largest absolute Gasteiger partial charge is 0.479 e. The van der Waals surface area contributed by atoms with Gasteiger partial charge in [0.1, 0.15) is 5.01 Å². The Hall–Kier alpha value is -1.74. The van der Waals surface area contributed by atoms with Gasteiger partial charge in [-0.25, -0.2) is 9.59 Å². The first-order chi connectivity index (χ1) is 9.20. The average Bonchev–Trinajstić information content (AvgIpc) is 2.73. The normalized spacial score (nSPS) is 13.8. The molecule has 1 atom stereocenters. The van der Waals surface area contributed by atoms with E-state index in [4.69, 9.17) is 5.11 Å². The molecule has 0 radical (unpaired) electrons. The van der Waals surface area contributed by atoms with Gasteiger partial charge >= 0.3 is 12.0 Å². The van der Waals surface area contributed by atoms with Crippen molar-refractivity contribution in [1.82, 2.24) is 15.5 Å². The van der Waals surface area contributed by atoms with Crippen LogP contribution >= 0.6 is 11.3 Å². The van der Waals surface area contributed by atoms with Crippen molar-refractivity contribution < 1.29 is 19.8 Å². The molecule has 0 saturated heterocycles. The van der Waals surface area contributed by atoms with Gasteiger partial charge in [0.15, 0.2) is 5.60 Å². The van der Waals surface area contributed by atoms with Gasteiger partial charge < -0.3 is 15.5 Å². The van der Waals surface area contributed by atoms with E-state index < -0.39 is 24.1 Å². The summed E-state index contributed by atoms with van der Waals surface area (Å²) in [6, 6.07) is -0.640. The predicted molar refractivity (Wildman–Crippen MR) is 73.7 cm³/mol. The van der Waals surface area contributed by atoms with E-state index in [1.807, 2.05) is 0 Å². The molecule has 0 spiro atoms. The molecule has 112 valence electrons. The van der Waals surface area contributed by atoms with Crippen LogP contribution in [0, 0.1) is 5.92 Å². The number of nitrogens with zero attached hydrogens (tertiary/aromatic N) is 2. The van der Waals surface area contributed by atoms with Crippen molar-refractivity contribution in [3.63, 3.8) is 0 Å². The van der Waals surface area contributed by atoms with E-state index in [9.17, 15) is 14.7 Å². The molecule has 0 aliphatic heterocycles. The number of amides is 2. The number of aliphatic hydroxyl groups is 1. The molecule has 1 heterocycles. The number of rotatable bonds is 6. The van der Waals surface area contributed by atoms with E-state index in [-0.39, 0.29) is 0 Å². The van der Waals surface area contributed by atoms with Crippen molar-refractivity contribution in [2.75, 3.05) is 11.9 Å². The summed E-state index contributed by atoms with van der Waals surface area (Å²) in [6.07, 6.45) is 0.773. The van der Waals surface area contributed by atoms with Crippen LogP contribution in [0.3, 0.4) is 0 Å². The topological polar surface area (TPSA) is 124 Å². The summed E-state index contributed by atoms with van der Waals surface area (Å²) in [7, 11) is 0. The van der Waals surface area contributed by atoms with Crippen LogP contribution in [-0.4, -0.2) is 44.6 Å². The van der Waals surface area contributed by atoms with Gasteiger partial charge in [0, 0.05) is 6.42 Å². The maximum atomic E-state index is 11.5. The Labute approximate surface area is 120 Å². The Morgan fingerprint density at radius 1 is 1.40 bits per heavy atom. The first-order valence-electron chi connectivity index (χ1n) is 6.03. The van der Waals surface area contributed by atoms with Gasteiger partial charge in [0.2, 0.25) is 5.13 Å². The third kappa shape index (κ3) is 5.10. The minimum Gasteiger partial charge on any atom is -0.479 e. The summed E-state index contributed by atoms with van der Waals surface area (Å²) in [5, 5.41) is 31.7. The molecule has 0 aromatic carbocycles. The summed E-state index contributed by atoms with van der Waals surface area (Å²) < 4.78 is 0. The zero-order valence-electron chi connectivity index (χ0n) is 11.5. The Kier molecular flexibility index (Phi) is 5.40. The lowest BCUT2D eigenvalue weighted by Crippen LogP contribution is -2.47. The minimum atomic E-state index is -2.01. The van der Waals surface area contributed by atoms with Gasteiger partial charge in [-0.1, -0.05) is 25.2 Å². The van der Waals surface area contributed by atoms with Gasteiger partial charge in [0.05, 0.1) is 6.54 Å². The van der Waals surface area contributed by atoms with Crippen LogP contribution < -0.4 is 10.6 Å². The molecular weight excluding hydrogens is 284 g/mol. The molecule has 0 fully saturated rings. The van der Waals surface area contributed by atoms with Crippen molar-refractivity contribution in [2.45, 2.75) is 32.8 Å². The SMILES string of the molecule is CC(C)Cc1nnc(NC(=O)NCC(C)(O)C(=O)O)s1. The second-order valence-corrected chi connectivity index (χ2v) is 6.05. The number of aliphatic carboxylic acids is 1. The number of hydrogen-bond donors (Lipinski definition) is 4. The summed E-state index contributed by atoms with van der Waals surface area (Å²) in [5.74, 6) is -0.969. The molecule has 1 aromatic rings. The summed E-state index contributed by atoms with van der Waals surface area (Å²) >= 11 is 1.26. The maximum Gasteiger partial charge on any atom is 0.337 e. The van der Waals surface area contributed by atoms with Crippen molar-refractivity contribution >= 4 is 28.5 Å². The highest BCUT2D eigenvalue weighted by molar-refractivity contribution is 7.15. The van der Waals surface area contributed by atoms with Crippen LogP contribution in [0.5, 0.6) is 0 Å². The standard InChI is InChI=1S/C11H18N4O4S/c1-6(2)4-7-14-15-10(20-7)13-9(18)12-5-11(3,19)8(16)17/h6,19H,4-5H2,1-3H3,(H,16,17)(H2,12,13,15,18). The minimum absolute atomic E-state index is 0.327. The van der Waals surface area contributed by atoms with Crippen LogP contribution in [0.2, 0.25) is 0 Å². The smallest absolute Gasteiger partial charge is 0.337 e. The molecule has 1 unspecified atom stereocenters. The Bertz CT molecular complexity index is 487. The molecule has 0 bridgehead atoms. The van der Waals surface area contributed by atoms with Gasteiger partial charge in [-0.3, -0.25) is 5.32 Å². The molecule has 0 aliphatic carbocycles. The number of nitrogens with one attached hydrogen (secondary N) is 2. The molecule has 8 nitrogen and oxygen atoms in total. The second kappa shape index (κ2) is 6.62.